The molecule has 6 heteroatoms. The Bertz CT molecular complexity index is 660. The number of hydrogen-bond acceptors (Lipinski definition) is 4. The van der Waals surface area contributed by atoms with E-state index in [2.05, 4.69) is 45.9 Å². The van der Waals surface area contributed by atoms with E-state index in [-0.39, 0.29) is 18.0 Å². The van der Waals surface area contributed by atoms with Crippen molar-refractivity contribution in [3.8, 4) is 0 Å². The highest BCUT2D eigenvalue weighted by Gasteiger charge is 2.28. The zero-order chi connectivity index (χ0) is 16.2. The van der Waals surface area contributed by atoms with Gasteiger partial charge in [0.05, 0.1) is 12.1 Å². The van der Waals surface area contributed by atoms with Crippen LogP contribution in [0.3, 0.4) is 0 Å². The molecule has 5 nitrogen and oxygen atoms in total. The highest BCUT2D eigenvalue weighted by Crippen LogP contribution is 2.31. The highest BCUT2D eigenvalue weighted by molar-refractivity contribution is 7.98. The molecule has 23 heavy (non-hydrogen) atoms. The Labute approximate surface area is 140 Å². The van der Waals surface area contributed by atoms with Gasteiger partial charge in [0.1, 0.15) is 12.2 Å². The quantitative estimate of drug-likeness (QED) is 0.884. The number of hydrogen-bond donors (Lipinski definition) is 1. The maximum absolute atomic E-state index is 11.5. The fourth-order valence-corrected chi connectivity index (χ4v) is 3.72. The van der Waals surface area contributed by atoms with Gasteiger partial charge in [-0.15, -0.1) is 0 Å². The summed E-state index contributed by atoms with van der Waals surface area (Å²) in [5, 5.41) is 7.49. The first-order chi connectivity index (χ1) is 11.2. The minimum Gasteiger partial charge on any atom is -0.346 e. The summed E-state index contributed by atoms with van der Waals surface area (Å²) in [6.45, 7) is 1.55. The van der Waals surface area contributed by atoms with E-state index in [0.29, 0.717) is 0 Å². The van der Waals surface area contributed by atoms with Crippen LogP contribution >= 0.6 is 11.8 Å². The van der Waals surface area contributed by atoms with Crippen molar-refractivity contribution in [2.75, 3.05) is 12.0 Å². The third-order valence-electron chi connectivity index (χ3n) is 4.28. The maximum Gasteiger partial charge on any atom is 0.217 e. The summed E-state index contributed by atoms with van der Waals surface area (Å²) in [4.78, 5) is 16.0. The Morgan fingerprint density at radius 3 is 2.70 bits per heavy atom. The Morgan fingerprint density at radius 2 is 2.09 bits per heavy atom. The number of nitrogens with zero attached hydrogens (tertiary/aromatic N) is 3. The number of nitrogens with one attached hydrogen (secondary N) is 1. The summed E-state index contributed by atoms with van der Waals surface area (Å²) in [7, 11) is 0. The predicted molar refractivity (Wildman–Crippen MR) is 92.5 cm³/mol. The minimum atomic E-state index is -0.0776. The average molecular weight is 330 g/mol. The smallest absolute Gasteiger partial charge is 0.217 e. The molecule has 1 aromatic heterocycles. The van der Waals surface area contributed by atoms with Crippen molar-refractivity contribution in [2.45, 2.75) is 38.3 Å². The summed E-state index contributed by atoms with van der Waals surface area (Å²) in [5.74, 6) is 1.82. The Kier molecular flexibility index (Phi) is 5.00. The van der Waals surface area contributed by atoms with Gasteiger partial charge in [-0.05, 0) is 42.4 Å². The zero-order valence-electron chi connectivity index (χ0n) is 13.5. The van der Waals surface area contributed by atoms with Gasteiger partial charge in [0, 0.05) is 6.92 Å². The molecule has 0 unspecified atom stereocenters. The molecule has 1 aliphatic carbocycles. The first kappa shape index (κ1) is 16.1. The van der Waals surface area contributed by atoms with Gasteiger partial charge in [-0.2, -0.15) is 16.9 Å². The van der Waals surface area contributed by atoms with E-state index in [1.165, 1.54) is 11.1 Å². The van der Waals surface area contributed by atoms with Gasteiger partial charge in [0.25, 0.3) is 0 Å². The van der Waals surface area contributed by atoms with Crippen molar-refractivity contribution in [1.82, 2.24) is 20.1 Å². The van der Waals surface area contributed by atoms with Gasteiger partial charge in [0.2, 0.25) is 5.91 Å². The Hall–Kier alpha value is -1.82. The van der Waals surface area contributed by atoms with Gasteiger partial charge in [-0.3, -0.25) is 4.79 Å². The molecule has 1 aliphatic rings. The lowest BCUT2D eigenvalue weighted by molar-refractivity contribution is -0.119. The molecule has 1 aromatic carbocycles. The molecule has 0 saturated heterocycles. The molecule has 1 amide bonds. The monoisotopic (exact) mass is 330 g/mol. The van der Waals surface area contributed by atoms with Crippen molar-refractivity contribution >= 4 is 17.7 Å². The van der Waals surface area contributed by atoms with E-state index >= 15 is 0 Å². The summed E-state index contributed by atoms with van der Waals surface area (Å²) < 4.78 is 2.01. The zero-order valence-corrected chi connectivity index (χ0v) is 14.3. The molecular weight excluding hydrogens is 308 g/mol. The van der Waals surface area contributed by atoms with Crippen molar-refractivity contribution < 1.29 is 4.79 Å². The Morgan fingerprint density at radius 1 is 1.39 bits per heavy atom. The summed E-state index contributed by atoms with van der Waals surface area (Å²) >= 11 is 1.77. The van der Waals surface area contributed by atoms with Crippen molar-refractivity contribution in [3.05, 3.63) is 47.5 Å². The normalized spacial score (nSPS) is 15.4. The number of fused-ring (bicyclic) bond motifs is 1. The Balaban J connectivity index is 1.82. The third-order valence-corrected chi connectivity index (χ3v) is 4.92. The fourth-order valence-electron chi connectivity index (χ4n) is 3.25. The lowest BCUT2D eigenvalue weighted by Crippen LogP contribution is -2.30. The molecular formula is C17H22N4OS. The second-order valence-corrected chi connectivity index (χ2v) is 6.91. The molecule has 0 bridgehead atoms. The summed E-state index contributed by atoms with van der Waals surface area (Å²) in [5.41, 5.74) is 2.78. The number of carbonyl (C=O) groups excluding carboxylic acids is 1. The lowest BCUT2D eigenvalue weighted by Gasteiger charge is -2.20. The number of amides is 1. The fraction of sp³-hybridized carbons (Fsp3) is 0.471. The third kappa shape index (κ3) is 3.58. The molecule has 1 heterocycles. The lowest BCUT2D eigenvalue weighted by atomic mass is 10.1. The van der Waals surface area contributed by atoms with Gasteiger partial charge >= 0.3 is 0 Å². The van der Waals surface area contributed by atoms with Gasteiger partial charge in [-0.25, -0.2) is 9.67 Å². The molecule has 2 aromatic rings. The highest BCUT2D eigenvalue weighted by atomic mass is 32.2. The van der Waals surface area contributed by atoms with E-state index < -0.39 is 0 Å². The van der Waals surface area contributed by atoms with E-state index in [1.807, 2.05) is 4.68 Å². The van der Waals surface area contributed by atoms with Crippen LogP contribution in [-0.2, 0) is 17.6 Å². The SMILES string of the molecule is CSCC[C@H](NC(C)=O)c1ncnn1C1Cc2ccccc2C1. The standard InChI is InChI=1S/C17H22N4OS/c1-12(22)20-16(7-8-23-2)17-18-11-19-21(17)15-9-13-5-3-4-6-14(13)10-15/h3-6,11,15-16H,7-10H2,1-2H3,(H,20,22)/t16-/m0/s1. The van der Waals surface area contributed by atoms with Crippen LogP contribution in [0.2, 0.25) is 0 Å². The van der Waals surface area contributed by atoms with Crippen LogP contribution in [0, 0.1) is 0 Å². The summed E-state index contributed by atoms with van der Waals surface area (Å²) in [6, 6.07) is 8.75. The minimum absolute atomic E-state index is 0.0274. The van der Waals surface area contributed by atoms with Crippen LogP contribution in [0.15, 0.2) is 30.6 Å². The van der Waals surface area contributed by atoms with E-state index in [0.717, 1.165) is 30.8 Å². The second-order valence-electron chi connectivity index (χ2n) is 5.93. The first-order valence-electron chi connectivity index (χ1n) is 7.91. The van der Waals surface area contributed by atoms with Gasteiger partial charge < -0.3 is 5.32 Å². The van der Waals surface area contributed by atoms with Crippen LogP contribution in [-0.4, -0.2) is 32.7 Å². The van der Waals surface area contributed by atoms with Crippen LogP contribution < -0.4 is 5.32 Å². The second kappa shape index (κ2) is 7.17. The van der Waals surface area contributed by atoms with Crippen molar-refractivity contribution in [3.63, 3.8) is 0 Å². The van der Waals surface area contributed by atoms with Crippen LogP contribution in [0.5, 0.6) is 0 Å². The average Bonchev–Trinajstić information content (AvgIpc) is 3.16. The molecule has 0 radical (unpaired) electrons. The maximum atomic E-state index is 11.5. The summed E-state index contributed by atoms with van der Waals surface area (Å²) in [6.07, 6.45) is 6.48. The van der Waals surface area contributed by atoms with Gasteiger partial charge in [-0.1, -0.05) is 24.3 Å². The number of aromatic nitrogens is 3. The number of rotatable bonds is 6. The number of thioether (sulfide) groups is 1. The molecule has 1 atom stereocenters. The molecule has 1 N–H and O–H groups in total. The predicted octanol–water partition coefficient (Wildman–Crippen LogP) is 2.55. The molecule has 0 spiro atoms. The molecule has 0 saturated carbocycles. The molecule has 0 aliphatic heterocycles. The topological polar surface area (TPSA) is 59.8 Å². The molecule has 0 fully saturated rings. The number of carbonyl (C=O) groups is 1. The number of benzene rings is 1. The van der Waals surface area contributed by atoms with Gasteiger partial charge in [0.15, 0.2) is 0 Å². The molecule has 122 valence electrons. The largest absolute Gasteiger partial charge is 0.346 e. The van der Waals surface area contributed by atoms with Crippen LogP contribution in [0.1, 0.15) is 42.4 Å². The van der Waals surface area contributed by atoms with Crippen LogP contribution in [0.25, 0.3) is 0 Å². The van der Waals surface area contributed by atoms with E-state index in [1.54, 1.807) is 25.0 Å². The van der Waals surface area contributed by atoms with E-state index in [4.69, 9.17) is 0 Å². The molecule has 3 rings (SSSR count). The van der Waals surface area contributed by atoms with E-state index in [9.17, 15) is 4.79 Å². The van der Waals surface area contributed by atoms with Crippen LogP contribution in [0.4, 0.5) is 0 Å². The van der Waals surface area contributed by atoms with Crippen molar-refractivity contribution in [1.29, 1.82) is 0 Å². The first-order valence-corrected chi connectivity index (χ1v) is 9.30. The van der Waals surface area contributed by atoms with Crippen molar-refractivity contribution in [2.24, 2.45) is 0 Å².